The Morgan fingerprint density at radius 1 is 1.47 bits per heavy atom. The lowest BCUT2D eigenvalue weighted by Crippen LogP contribution is -2.39. The maximum absolute atomic E-state index is 11.9. The van der Waals surface area contributed by atoms with Gasteiger partial charge in [-0.15, -0.1) is 0 Å². The number of amides is 1. The van der Waals surface area contributed by atoms with Crippen molar-refractivity contribution in [2.75, 3.05) is 19.4 Å². The van der Waals surface area contributed by atoms with Gasteiger partial charge in [0.25, 0.3) is 10.1 Å². The van der Waals surface area contributed by atoms with E-state index in [0.717, 1.165) is 19.1 Å². The first-order valence-electron chi connectivity index (χ1n) is 5.93. The van der Waals surface area contributed by atoms with Gasteiger partial charge in [0.1, 0.15) is 0 Å². The van der Waals surface area contributed by atoms with E-state index in [1.54, 1.807) is 4.90 Å². The van der Waals surface area contributed by atoms with Crippen LogP contribution >= 0.6 is 0 Å². The Bertz CT molecular complexity index is 364. The molecule has 0 N–H and O–H groups in total. The summed E-state index contributed by atoms with van der Waals surface area (Å²) in [4.78, 5) is 13.7. The minimum Gasteiger partial charge on any atom is -0.337 e. The number of carbonyl (C=O) groups is 1. The lowest BCUT2D eigenvalue weighted by molar-refractivity contribution is -0.133. The molecular formula is C11H21NO4S. The van der Waals surface area contributed by atoms with E-state index in [2.05, 4.69) is 0 Å². The molecule has 0 spiro atoms. The monoisotopic (exact) mass is 263 g/mol. The first-order valence-corrected chi connectivity index (χ1v) is 7.75. The fourth-order valence-electron chi connectivity index (χ4n) is 2.01. The zero-order valence-electron chi connectivity index (χ0n) is 10.7. The zero-order valence-corrected chi connectivity index (χ0v) is 11.5. The molecule has 1 aliphatic heterocycles. The van der Waals surface area contributed by atoms with Crippen molar-refractivity contribution in [1.29, 1.82) is 0 Å². The second-order valence-electron chi connectivity index (χ2n) is 4.97. The molecule has 0 saturated carbocycles. The standard InChI is InChI=1S/C11H21NO4S/c1-9(2)7-11(13)12-6-4-5-10(12)8-16-17(3,14)15/h9-10H,4-8H2,1-3H3/t10-/m0/s1. The number of hydrogen-bond donors (Lipinski definition) is 0. The summed E-state index contributed by atoms with van der Waals surface area (Å²) < 4.78 is 26.6. The van der Waals surface area contributed by atoms with Crippen molar-refractivity contribution in [1.82, 2.24) is 4.90 Å². The van der Waals surface area contributed by atoms with Gasteiger partial charge in [0, 0.05) is 13.0 Å². The SMILES string of the molecule is CC(C)CC(=O)N1CCC[C@H]1COS(C)(=O)=O. The Kier molecular flexibility index (Phi) is 4.94. The number of carbonyl (C=O) groups excluding carboxylic acids is 1. The van der Waals surface area contributed by atoms with Crippen molar-refractivity contribution in [3.63, 3.8) is 0 Å². The summed E-state index contributed by atoms with van der Waals surface area (Å²) >= 11 is 0. The third-order valence-corrected chi connectivity index (χ3v) is 3.32. The molecular weight excluding hydrogens is 242 g/mol. The molecule has 6 heteroatoms. The molecule has 0 radical (unpaired) electrons. The summed E-state index contributed by atoms with van der Waals surface area (Å²) in [7, 11) is -3.42. The van der Waals surface area contributed by atoms with E-state index in [0.29, 0.717) is 18.9 Å². The van der Waals surface area contributed by atoms with Gasteiger partial charge in [0.2, 0.25) is 5.91 Å². The quantitative estimate of drug-likeness (QED) is 0.694. The Balaban J connectivity index is 2.51. The minimum atomic E-state index is -3.42. The lowest BCUT2D eigenvalue weighted by atomic mass is 10.1. The van der Waals surface area contributed by atoms with Crippen LogP contribution in [0.1, 0.15) is 33.1 Å². The van der Waals surface area contributed by atoms with Crippen molar-refractivity contribution >= 4 is 16.0 Å². The summed E-state index contributed by atoms with van der Waals surface area (Å²) in [6, 6.07) is -0.0871. The van der Waals surface area contributed by atoms with E-state index < -0.39 is 10.1 Å². The third-order valence-electron chi connectivity index (χ3n) is 2.75. The van der Waals surface area contributed by atoms with Crippen molar-refractivity contribution in [3.05, 3.63) is 0 Å². The molecule has 0 aliphatic carbocycles. The van der Waals surface area contributed by atoms with Crippen molar-refractivity contribution in [3.8, 4) is 0 Å². The largest absolute Gasteiger partial charge is 0.337 e. The van der Waals surface area contributed by atoms with Gasteiger partial charge in [-0.05, 0) is 18.8 Å². The number of rotatable bonds is 5. The van der Waals surface area contributed by atoms with E-state index in [9.17, 15) is 13.2 Å². The molecule has 0 aromatic rings. The highest BCUT2D eigenvalue weighted by Crippen LogP contribution is 2.20. The van der Waals surface area contributed by atoms with Crippen LogP contribution in [0, 0.1) is 5.92 Å². The minimum absolute atomic E-state index is 0.0860. The van der Waals surface area contributed by atoms with Crippen LogP contribution in [0.3, 0.4) is 0 Å². The molecule has 0 aromatic carbocycles. The van der Waals surface area contributed by atoms with E-state index in [1.807, 2.05) is 13.8 Å². The summed E-state index contributed by atoms with van der Waals surface area (Å²) in [5, 5.41) is 0. The fourth-order valence-corrected chi connectivity index (χ4v) is 2.41. The molecule has 5 nitrogen and oxygen atoms in total. The van der Waals surface area contributed by atoms with Crippen molar-refractivity contribution < 1.29 is 17.4 Å². The maximum atomic E-state index is 11.9. The molecule has 100 valence electrons. The molecule has 1 rings (SSSR count). The Hall–Kier alpha value is -0.620. The van der Waals surface area contributed by atoms with Gasteiger partial charge in [-0.2, -0.15) is 8.42 Å². The molecule has 0 bridgehead atoms. The van der Waals surface area contributed by atoms with Crippen molar-refractivity contribution in [2.45, 2.75) is 39.2 Å². The smallest absolute Gasteiger partial charge is 0.264 e. The molecule has 1 fully saturated rings. The highest BCUT2D eigenvalue weighted by Gasteiger charge is 2.29. The van der Waals surface area contributed by atoms with Gasteiger partial charge in [-0.3, -0.25) is 8.98 Å². The second-order valence-corrected chi connectivity index (χ2v) is 6.61. The first kappa shape index (κ1) is 14.4. The van der Waals surface area contributed by atoms with Crippen LogP contribution in [-0.2, 0) is 19.1 Å². The lowest BCUT2D eigenvalue weighted by Gasteiger charge is -2.24. The maximum Gasteiger partial charge on any atom is 0.264 e. The Morgan fingerprint density at radius 3 is 2.65 bits per heavy atom. The molecule has 0 unspecified atom stereocenters. The summed E-state index contributed by atoms with van der Waals surface area (Å²) in [5.41, 5.74) is 0. The Labute approximate surface area is 103 Å². The highest BCUT2D eigenvalue weighted by molar-refractivity contribution is 7.85. The molecule has 0 aromatic heterocycles. The van der Waals surface area contributed by atoms with Gasteiger partial charge in [0.15, 0.2) is 0 Å². The van der Waals surface area contributed by atoms with E-state index in [4.69, 9.17) is 4.18 Å². The summed E-state index contributed by atoms with van der Waals surface area (Å²) in [5.74, 6) is 0.416. The predicted octanol–water partition coefficient (Wildman–Crippen LogP) is 1.000. The summed E-state index contributed by atoms with van der Waals surface area (Å²) in [6.07, 6.45) is 3.28. The van der Waals surface area contributed by atoms with Gasteiger partial charge >= 0.3 is 0 Å². The van der Waals surface area contributed by atoms with Crippen LogP contribution in [0.25, 0.3) is 0 Å². The van der Waals surface area contributed by atoms with Crippen LogP contribution in [0.5, 0.6) is 0 Å². The van der Waals surface area contributed by atoms with Gasteiger partial charge in [0.05, 0.1) is 18.9 Å². The number of hydrogen-bond acceptors (Lipinski definition) is 4. The van der Waals surface area contributed by atoms with E-state index in [1.165, 1.54) is 0 Å². The van der Waals surface area contributed by atoms with Crippen LogP contribution in [0.15, 0.2) is 0 Å². The number of likely N-dealkylation sites (tertiary alicyclic amines) is 1. The van der Waals surface area contributed by atoms with Gasteiger partial charge in [-0.25, -0.2) is 0 Å². The van der Waals surface area contributed by atoms with Crippen LogP contribution < -0.4 is 0 Å². The first-order chi connectivity index (χ1) is 7.79. The van der Waals surface area contributed by atoms with Crippen LogP contribution in [-0.4, -0.2) is 44.7 Å². The summed E-state index contributed by atoms with van der Waals surface area (Å²) in [6.45, 7) is 4.79. The molecule has 1 aliphatic rings. The van der Waals surface area contributed by atoms with Crippen molar-refractivity contribution in [2.24, 2.45) is 5.92 Å². The van der Waals surface area contributed by atoms with Gasteiger partial charge < -0.3 is 4.90 Å². The molecule has 1 saturated heterocycles. The molecule has 17 heavy (non-hydrogen) atoms. The average molecular weight is 263 g/mol. The van der Waals surface area contributed by atoms with Crippen LogP contribution in [0.4, 0.5) is 0 Å². The normalized spacial score (nSPS) is 21.2. The van der Waals surface area contributed by atoms with E-state index >= 15 is 0 Å². The Morgan fingerprint density at radius 2 is 2.12 bits per heavy atom. The second kappa shape index (κ2) is 5.82. The predicted molar refractivity (Wildman–Crippen MR) is 65.0 cm³/mol. The topological polar surface area (TPSA) is 63.7 Å². The molecule has 1 heterocycles. The van der Waals surface area contributed by atoms with E-state index in [-0.39, 0.29) is 18.6 Å². The molecule has 1 amide bonds. The molecule has 1 atom stereocenters. The van der Waals surface area contributed by atoms with Crippen LogP contribution in [0.2, 0.25) is 0 Å². The third kappa shape index (κ3) is 5.04. The fraction of sp³-hybridized carbons (Fsp3) is 0.909. The highest BCUT2D eigenvalue weighted by atomic mass is 32.2. The number of nitrogens with zero attached hydrogens (tertiary/aromatic N) is 1. The average Bonchev–Trinajstić information content (AvgIpc) is 2.60. The zero-order chi connectivity index (χ0) is 13.1. The van der Waals surface area contributed by atoms with Gasteiger partial charge in [-0.1, -0.05) is 13.8 Å².